The molecule has 0 spiro atoms. The van der Waals surface area contributed by atoms with Gasteiger partial charge in [0.15, 0.2) is 0 Å². The lowest BCUT2D eigenvalue weighted by atomic mass is 9.80. The molecular weight excluding hydrogens is 350 g/mol. The van der Waals surface area contributed by atoms with Crippen LogP contribution >= 0.6 is 0 Å². The molecule has 0 heterocycles. The van der Waals surface area contributed by atoms with Gasteiger partial charge in [-0.25, -0.2) is 4.79 Å². The second-order valence-corrected chi connectivity index (χ2v) is 6.61. The molecule has 2 rings (SSSR count). The molecule has 0 bridgehead atoms. The molecule has 1 N–H and O–H groups in total. The van der Waals surface area contributed by atoms with Crippen molar-refractivity contribution in [3.63, 3.8) is 0 Å². The number of hydrogen-bond acceptors (Lipinski definition) is 6. The largest absolute Gasteiger partial charge is 0.462 e. The minimum Gasteiger partial charge on any atom is -0.462 e. The third-order valence-corrected chi connectivity index (χ3v) is 4.81. The lowest BCUT2D eigenvalue weighted by Gasteiger charge is -2.42. The van der Waals surface area contributed by atoms with Crippen LogP contribution in [-0.2, 0) is 14.2 Å². The summed E-state index contributed by atoms with van der Waals surface area (Å²) >= 11 is 0. The van der Waals surface area contributed by atoms with Gasteiger partial charge in [0.05, 0.1) is 36.5 Å². The number of methoxy groups -OCH3 is 1. The average molecular weight is 377 g/mol. The molecule has 8 heteroatoms. The summed E-state index contributed by atoms with van der Waals surface area (Å²) in [5, 5.41) is 14.6. The molecule has 1 saturated carbocycles. The molecule has 148 valence electrons. The lowest BCUT2D eigenvalue weighted by Crippen LogP contribution is -2.55. The van der Waals surface area contributed by atoms with E-state index in [0.29, 0.717) is 18.6 Å². The van der Waals surface area contributed by atoms with Gasteiger partial charge < -0.3 is 19.3 Å². The van der Waals surface area contributed by atoms with Crippen LogP contribution in [0.25, 0.3) is 10.4 Å². The Balaban J connectivity index is 2.06. The number of ether oxygens (including phenoxy) is 3. The van der Waals surface area contributed by atoms with Crippen LogP contribution in [0.2, 0.25) is 0 Å². The molecule has 0 aliphatic heterocycles. The van der Waals surface area contributed by atoms with Gasteiger partial charge in [-0.15, -0.1) is 0 Å². The van der Waals surface area contributed by atoms with E-state index in [0.717, 1.165) is 12.8 Å². The summed E-state index contributed by atoms with van der Waals surface area (Å²) in [6.45, 7) is 2.52. The van der Waals surface area contributed by atoms with Crippen molar-refractivity contribution in [1.82, 2.24) is 0 Å². The number of benzene rings is 1. The van der Waals surface area contributed by atoms with E-state index in [9.17, 15) is 9.90 Å². The minimum absolute atomic E-state index is 0.0331. The maximum atomic E-state index is 12.2. The Bertz CT molecular complexity index is 635. The normalized spacial score (nSPS) is 27.6. The summed E-state index contributed by atoms with van der Waals surface area (Å²) in [5.41, 5.74) is 9.32. The van der Waals surface area contributed by atoms with Crippen LogP contribution < -0.4 is 0 Å². The molecule has 0 aromatic heterocycles. The first-order valence-electron chi connectivity index (χ1n) is 9.21. The topological polar surface area (TPSA) is 114 Å². The highest BCUT2D eigenvalue weighted by Crippen LogP contribution is 2.32. The maximum absolute atomic E-state index is 12.2. The van der Waals surface area contributed by atoms with Gasteiger partial charge in [-0.05, 0) is 30.5 Å². The van der Waals surface area contributed by atoms with Gasteiger partial charge in [-0.2, -0.15) is 0 Å². The summed E-state index contributed by atoms with van der Waals surface area (Å²) in [5.74, 6) is -0.822. The zero-order valence-corrected chi connectivity index (χ0v) is 15.7. The van der Waals surface area contributed by atoms with Crippen molar-refractivity contribution in [2.24, 2.45) is 11.0 Å². The summed E-state index contributed by atoms with van der Waals surface area (Å²) in [7, 11) is 1.53. The quantitative estimate of drug-likeness (QED) is 0.233. The first-order chi connectivity index (χ1) is 13.1. The van der Waals surface area contributed by atoms with Crippen molar-refractivity contribution in [2.45, 2.75) is 50.5 Å². The fraction of sp³-hybridized carbons (Fsp3) is 0.632. The number of carbonyl (C=O) groups is 1. The Morgan fingerprint density at radius 1 is 1.37 bits per heavy atom. The van der Waals surface area contributed by atoms with E-state index >= 15 is 0 Å². The van der Waals surface area contributed by atoms with Crippen LogP contribution in [-0.4, -0.2) is 55.8 Å². The number of carbonyl (C=O) groups excluding carboxylic acids is 1. The van der Waals surface area contributed by atoms with Crippen LogP contribution in [0.3, 0.4) is 0 Å². The average Bonchev–Trinajstić information content (AvgIpc) is 2.70. The second kappa shape index (κ2) is 10.9. The van der Waals surface area contributed by atoms with Crippen LogP contribution in [0.5, 0.6) is 0 Å². The molecule has 0 saturated heterocycles. The maximum Gasteiger partial charge on any atom is 0.338 e. The summed E-state index contributed by atoms with van der Waals surface area (Å²) in [4.78, 5) is 15.0. The van der Waals surface area contributed by atoms with Gasteiger partial charge in [-0.3, -0.25) is 0 Å². The third kappa shape index (κ3) is 5.68. The number of unbranched alkanes of at least 4 members (excludes halogenated alkanes) is 1. The molecule has 1 aromatic carbocycles. The fourth-order valence-corrected chi connectivity index (χ4v) is 3.26. The van der Waals surface area contributed by atoms with E-state index in [1.54, 1.807) is 24.3 Å². The standard InChI is InChI=1S/C19H27N3O5/c1-3-4-10-26-18-16(21-22-20)15(25-2)11-14(17(18)23)12-27-19(24)13-8-6-5-7-9-13/h5-9,14-18,23H,3-4,10-12H2,1-2H3/t14?,15-,16?,17+,18+/m0/s1. The summed E-state index contributed by atoms with van der Waals surface area (Å²) in [6.07, 6.45) is 0.130. The summed E-state index contributed by atoms with van der Waals surface area (Å²) in [6, 6.07) is 8.05. The Hall–Kier alpha value is -2.12. The van der Waals surface area contributed by atoms with Crippen LogP contribution in [0.15, 0.2) is 35.4 Å². The molecule has 0 radical (unpaired) electrons. The van der Waals surface area contributed by atoms with Crippen molar-refractivity contribution in [3.8, 4) is 0 Å². The number of aliphatic hydroxyl groups is 1. The molecule has 1 aliphatic rings. The lowest BCUT2D eigenvalue weighted by molar-refractivity contribution is -0.140. The highest BCUT2D eigenvalue weighted by molar-refractivity contribution is 5.89. The second-order valence-electron chi connectivity index (χ2n) is 6.61. The molecule has 27 heavy (non-hydrogen) atoms. The predicted molar refractivity (Wildman–Crippen MR) is 99.2 cm³/mol. The highest BCUT2D eigenvalue weighted by atomic mass is 16.5. The van der Waals surface area contributed by atoms with Crippen molar-refractivity contribution >= 4 is 5.97 Å². The van der Waals surface area contributed by atoms with E-state index in [2.05, 4.69) is 10.0 Å². The molecule has 1 aromatic rings. The molecule has 5 atom stereocenters. The first-order valence-corrected chi connectivity index (χ1v) is 9.21. The fourth-order valence-electron chi connectivity index (χ4n) is 3.26. The number of hydrogen-bond donors (Lipinski definition) is 1. The molecule has 1 aliphatic carbocycles. The Morgan fingerprint density at radius 2 is 2.11 bits per heavy atom. The Labute approximate surface area is 159 Å². The van der Waals surface area contributed by atoms with Crippen molar-refractivity contribution in [3.05, 3.63) is 46.3 Å². The van der Waals surface area contributed by atoms with Gasteiger partial charge in [-0.1, -0.05) is 36.7 Å². The van der Waals surface area contributed by atoms with E-state index in [1.807, 2.05) is 13.0 Å². The Morgan fingerprint density at radius 3 is 2.74 bits per heavy atom. The first kappa shape index (κ1) is 21.2. The SMILES string of the molecule is CCCCO[C@@H]1C(N=[N+]=[N-])[C@@H](OC)CC(COC(=O)c2ccccc2)[C@H]1O. The van der Waals surface area contributed by atoms with Gasteiger partial charge in [0, 0.05) is 24.5 Å². The number of esters is 1. The van der Waals surface area contributed by atoms with Gasteiger partial charge in [0.1, 0.15) is 0 Å². The van der Waals surface area contributed by atoms with E-state index < -0.39 is 30.3 Å². The van der Waals surface area contributed by atoms with Crippen molar-refractivity contribution < 1.29 is 24.1 Å². The van der Waals surface area contributed by atoms with Crippen LogP contribution in [0, 0.1) is 5.92 Å². The van der Waals surface area contributed by atoms with Gasteiger partial charge in [0.25, 0.3) is 0 Å². The van der Waals surface area contributed by atoms with Gasteiger partial charge >= 0.3 is 5.97 Å². The minimum atomic E-state index is -0.924. The number of nitrogens with zero attached hydrogens (tertiary/aromatic N) is 3. The summed E-state index contributed by atoms with van der Waals surface area (Å²) < 4.78 is 16.7. The van der Waals surface area contributed by atoms with E-state index in [4.69, 9.17) is 19.7 Å². The zero-order valence-electron chi connectivity index (χ0n) is 15.7. The van der Waals surface area contributed by atoms with Gasteiger partial charge in [0.2, 0.25) is 0 Å². The third-order valence-electron chi connectivity index (χ3n) is 4.81. The molecular formula is C19H27N3O5. The van der Waals surface area contributed by atoms with Crippen LogP contribution in [0.1, 0.15) is 36.5 Å². The van der Waals surface area contributed by atoms with E-state index in [1.165, 1.54) is 7.11 Å². The number of aliphatic hydroxyl groups excluding tert-OH is 1. The smallest absolute Gasteiger partial charge is 0.338 e. The van der Waals surface area contributed by atoms with Crippen molar-refractivity contribution in [1.29, 1.82) is 0 Å². The molecule has 8 nitrogen and oxygen atoms in total. The molecule has 0 amide bonds. The van der Waals surface area contributed by atoms with E-state index in [-0.39, 0.29) is 12.5 Å². The van der Waals surface area contributed by atoms with Crippen LogP contribution in [0.4, 0.5) is 0 Å². The monoisotopic (exact) mass is 377 g/mol. The number of azide groups is 1. The molecule has 2 unspecified atom stereocenters. The molecule has 1 fully saturated rings. The predicted octanol–water partition coefficient (Wildman–Crippen LogP) is 3.10. The van der Waals surface area contributed by atoms with Crippen molar-refractivity contribution in [2.75, 3.05) is 20.3 Å². The Kier molecular flexibility index (Phi) is 8.54. The number of rotatable bonds is 9. The highest BCUT2D eigenvalue weighted by Gasteiger charge is 2.45. The zero-order chi connectivity index (χ0) is 19.6.